The minimum Gasteiger partial charge on any atom is -0.307 e. The van der Waals surface area contributed by atoms with Gasteiger partial charge in [-0.2, -0.15) is 0 Å². The van der Waals surface area contributed by atoms with Crippen LogP contribution in [0.15, 0.2) is 30.3 Å². The SMILES string of the molecule is CCCCC(C)(CC)NCc1ccccc1. The summed E-state index contributed by atoms with van der Waals surface area (Å²) >= 11 is 0. The summed E-state index contributed by atoms with van der Waals surface area (Å²) in [5.41, 5.74) is 1.67. The Morgan fingerprint density at radius 2 is 1.81 bits per heavy atom. The Kier molecular flexibility index (Phi) is 5.54. The maximum Gasteiger partial charge on any atom is 0.0210 e. The molecule has 1 heteroatoms. The summed E-state index contributed by atoms with van der Waals surface area (Å²) in [6, 6.07) is 10.6. The van der Waals surface area contributed by atoms with Crippen LogP contribution >= 0.6 is 0 Å². The fourth-order valence-corrected chi connectivity index (χ4v) is 1.87. The van der Waals surface area contributed by atoms with Gasteiger partial charge in [-0.1, -0.05) is 57.0 Å². The predicted molar refractivity (Wildman–Crippen MR) is 71.5 cm³/mol. The topological polar surface area (TPSA) is 12.0 Å². The summed E-state index contributed by atoms with van der Waals surface area (Å²) in [5.74, 6) is 0. The van der Waals surface area contributed by atoms with Crippen LogP contribution in [0, 0.1) is 0 Å². The lowest BCUT2D eigenvalue weighted by atomic mass is 9.91. The van der Waals surface area contributed by atoms with Crippen molar-refractivity contribution in [2.24, 2.45) is 0 Å². The molecule has 1 nitrogen and oxygen atoms in total. The number of nitrogens with one attached hydrogen (secondary N) is 1. The zero-order valence-corrected chi connectivity index (χ0v) is 10.9. The molecule has 0 aliphatic rings. The third kappa shape index (κ3) is 4.36. The molecule has 0 aliphatic carbocycles. The third-order valence-electron chi connectivity index (χ3n) is 3.42. The number of rotatable bonds is 7. The van der Waals surface area contributed by atoms with Crippen LogP contribution in [0.1, 0.15) is 52.0 Å². The van der Waals surface area contributed by atoms with E-state index in [1.807, 2.05) is 0 Å². The van der Waals surface area contributed by atoms with Gasteiger partial charge < -0.3 is 5.32 Å². The maximum absolute atomic E-state index is 3.70. The standard InChI is InChI=1S/C15H25N/c1-4-6-12-15(3,5-2)16-13-14-10-8-7-9-11-14/h7-11,16H,4-6,12-13H2,1-3H3. The smallest absolute Gasteiger partial charge is 0.0210 e. The lowest BCUT2D eigenvalue weighted by Gasteiger charge is -2.30. The Labute approximate surface area is 100 Å². The number of unbranched alkanes of at least 4 members (excludes halogenated alkanes) is 1. The van der Waals surface area contributed by atoms with Crippen molar-refractivity contribution in [3.8, 4) is 0 Å². The number of hydrogen-bond donors (Lipinski definition) is 1. The Balaban J connectivity index is 2.44. The second-order valence-electron chi connectivity index (χ2n) is 4.86. The van der Waals surface area contributed by atoms with Gasteiger partial charge in [0.05, 0.1) is 0 Å². The molecule has 16 heavy (non-hydrogen) atoms. The Hall–Kier alpha value is -0.820. The first-order chi connectivity index (χ1) is 7.70. The van der Waals surface area contributed by atoms with Crippen molar-refractivity contribution in [1.82, 2.24) is 5.32 Å². The largest absolute Gasteiger partial charge is 0.307 e. The highest BCUT2D eigenvalue weighted by molar-refractivity contribution is 5.14. The van der Waals surface area contributed by atoms with Crippen LogP contribution in [-0.2, 0) is 6.54 Å². The molecule has 1 unspecified atom stereocenters. The van der Waals surface area contributed by atoms with Crippen LogP contribution in [-0.4, -0.2) is 5.54 Å². The molecule has 90 valence electrons. The van der Waals surface area contributed by atoms with Crippen molar-refractivity contribution >= 4 is 0 Å². The summed E-state index contributed by atoms with van der Waals surface area (Å²) in [6.07, 6.45) is 5.06. The van der Waals surface area contributed by atoms with E-state index in [4.69, 9.17) is 0 Å². The average molecular weight is 219 g/mol. The monoisotopic (exact) mass is 219 g/mol. The highest BCUT2D eigenvalue weighted by atomic mass is 15.0. The summed E-state index contributed by atoms with van der Waals surface area (Å²) in [7, 11) is 0. The van der Waals surface area contributed by atoms with Gasteiger partial charge in [0, 0.05) is 12.1 Å². The first-order valence-electron chi connectivity index (χ1n) is 6.49. The second kappa shape index (κ2) is 6.70. The van der Waals surface area contributed by atoms with E-state index in [-0.39, 0.29) is 0 Å². The van der Waals surface area contributed by atoms with Gasteiger partial charge in [0.25, 0.3) is 0 Å². The first-order valence-corrected chi connectivity index (χ1v) is 6.49. The predicted octanol–water partition coefficient (Wildman–Crippen LogP) is 4.14. The van der Waals surface area contributed by atoms with Crippen LogP contribution in [0.5, 0.6) is 0 Å². The summed E-state index contributed by atoms with van der Waals surface area (Å²) in [5, 5.41) is 3.70. The zero-order valence-electron chi connectivity index (χ0n) is 10.9. The Morgan fingerprint density at radius 3 is 2.38 bits per heavy atom. The van der Waals surface area contributed by atoms with Crippen molar-refractivity contribution in [1.29, 1.82) is 0 Å². The highest BCUT2D eigenvalue weighted by Gasteiger charge is 2.19. The average Bonchev–Trinajstić information content (AvgIpc) is 2.35. The molecule has 0 amide bonds. The minimum atomic E-state index is 0.297. The van der Waals surface area contributed by atoms with E-state index in [9.17, 15) is 0 Å². The van der Waals surface area contributed by atoms with Gasteiger partial charge in [0.1, 0.15) is 0 Å². The molecule has 0 aliphatic heterocycles. The van der Waals surface area contributed by atoms with Crippen molar-refractivity contribution in [2.75, 3.05) is 0 Å². The molecule has 0 radical (unpaired) electrons. The van der Waals surface area contributed by atoms with E-state index in [1.165, 1.54) is 31.2 Å². The van der Waals surface area contributed by atoms with E-state index < -0.39 is 0 Å². The molecule has 1 aromatic rings. The van der Waals surface area contributed by atoms with E-state index in [0.717, 1.165) is 6.54 Å². The van der Waals surface area contributed by atoms with Crippen LogP contribution < -0.4 is 5.32 Å². The molecule has 1 N–H and O–H groups in total. The molecule has 1 atom stereocenters. The molecule has 0 bridgehead atoms. The molecule has 0 heterocycles. The second-order valence-corrected chi connectivity index (χ2v) is 4.86. The molecule has 1 rings (SSSR count). The zero-order chi connectivity index (χ0) is 11.9. The van der Waals surface area contributed by atoms with Crippen LogP contribution in [0.25, 0.3) is 0 Å². The van der Waals surface area contributed by atoms with E-state index in [1.54, 1.807) is 0 Å². The molecule has 0 fully saturated rings. The van der Waals surface area contributed by atoms with Gasteiger partial charge >= 0.3 is 0 Å². The highest BCUT2D eigenvalue weighted by Crippen LogP contribution is 2.18. The van der Waals surface area contributed by atoms with Gasteiger partial charge in [-0.05, 0) is 25.3 Å². The fraction of sp³-hybridized carbons (Fsp3) is 0.600. The molecule has 0 saturated heterocycles. The Morgan fingerprint density at radius 1 is 1.12 bits per heavy atom. The normalized spacial score (nSPS) is 14.7. The first kappa shape index (κ1) is 13.2. The summed E-state index contributed by atoms with van der Waals surface area (Å²) < 4.78 is 0. The van der Waals surface area contributed by atoms with Gasteiger partial charge in [-0.15, -0.1) is 0 Å². The lowest BCUT2D eigenvalue weighted by Crippen LogP contribution is -2.41. The Bertz CT molecular complexity index is 281. The summed E-state index contributed by atoms with van der Waals surface area (Å²) in [6.45, 7) is 7.85. The van der Waals surface area contributed by atoms with Gasteiger partial charge in [0.2, 0.25) is 0 Å². The van der Waals surface area contributed by atoms with E-state index >= 15 is 0 Å². The molecule has 0 aromatic heterocycles. The molecular weight excluding hydrogens is 194 g/mol. The van der Waals surface area contributed by atoms with Crippen molar-refractivity contribution in [2.45, 2.75) is 58.5 Å². The summed E-state index contributed by atoms with van der Waals surface area (Å²) in [4.78, 5) is 0. The van der Waals surface area contributed by atoms with Crippen LogP contribution in [0.2, 0.25) is 0 Å². The molecular formula is C15H25N. The van der Waals surface area contributed by atoms with E-state index in [2.05, 4.69) is 56.4 Å². The van der Waals surface area contributed by atoms with Crippen molar-refractivity contribution < 1.29 is 0 Å². The number of hydrogen-bond acceptors (Lipinski definition) is 1. The number of benzene rings is 1. The van der Waals surface area contributed by atoms with Crippen LogP contribution in [0.4, 0.5) is 0 Å². The molecule has 0 saturated carbocycles. The third-order valence-corrected chi connectivity index (χ3v) is 3.42. The van der Waals surface area contributed by atoms with Gasteiger partial charge in [-0.25, -0.2) is 0 Å². The minimum absolute atomic E-state index is 0.297. The quantitative estimate of drug-likeness (QED) is 0.727. The van der Waals surface area contributed by atoms with Gasteiger partial charge in [-0.3, -0.25) is 0 Å². The van der Waals surface area contributed by atoms with Crippen molar-refractivity contribution in [3.63, 3.8) is 0 Å². The lowest BCUT2D eigenvalue weighted by molar-refractivity contribution is 0.308. The van der Waals surface area contributed by atoms with Crippen LogP contribution in [0.3, 0.4) is 0 Å². The van der Waals surface area contributed by atoms with E-state index in [0.29, 0.717) is 5.54 Å². The van der Waals surface area contributed by atoms with Crippen molar-refractivity contribution in [3.05, 3.63) is 35.9 Å². The molecule has 0 spiro atoms. The maximum atomic E-state index is 3.70. The van der Waals surface area contributed by atoms with Gasteiger partial charge in [0.15, 0.2) is 0 Å². The molecule has 1 aromatic carbocycles. The fourth-order valence-electron chi connectivity index (χ4n) is 1.87.